The van der Waals surface area contributed by atoms with Crippen molar-refractivity contribution in [2.24, 2.45) is 0 Å². The van der Waals surface area contributed by atoms with Crippen molar-refractivity contribution in [2.75, 3.05) is 13.2 Å². The Morgan fingerprint density at radius 2 is 2.08 bits per heavy atom. The van der Waals surface area contributed by atoms with E-state index in [4.69, 9.17) is 15.1 Å². The van der Waals surface area contributed by atoms with Gasteiger partial charge in [0.2, 0.25) is 0 Å². The molecule has 26 heavy (non-hydrogen) atoms. The highest BCUT2D eigenvalue weighted by molar-refractivity contribution is 5.96. The van der Waals surface area contributed by atoms with Crippen molar-refractivity contribution >= 4 is 11.9 Å². The van der Waals surface area contributed by atoms with E-state index in [0.717, 1.165) is 0 Å². The van der Waals surface area contributed by atoms with Gasteiger partial charge in [0, 0.05) is 11.8 Å². The molecule has 8 nitrogen and oxygen atoms in total. The molecule has 0 fully saturated rings. The molecule has 8 heteroatoms. The van der Waals surface area contributed by atoms with Crippen molar-refractivity contribution < 1.29 is 24.5 Å². The number of aliphatic carboxylic acids is 1. The van der Waals surface area contributed by atoms with E-state index in [-0.39, 0.29) is 12.3 Å². The van der Waals surface area contributed by atoms with Gasteiger partial charge in [-0.3, -0.25) is 9.59 Å². The van der Waals surface area contributed by atoms with E-state index >= 15 is 0 Å². The number of rotatable bonds is 5. The minimum absolute atomic E-state index is 0.0521. The van der Waals surface area contributed by atoms with Gasteiger partial charge in [0.25, 0.3) is 5.91 Å². The molecule has 0 aliphatic rings. The molecule has 0 radical (unpaired) electrons. The molecule has 0 spiro atoms. The first kappa shape index (κ1) is 18.3. The lowest BCUT2D eigenvalue weighted by Gasteiger charge is -2.04. The average molecular weight is 351 g/mol. The number of pyridine rings is 1. The monoisotopic (exact) mass is 351 g/mol. The number of carboxylic acid groups (broad SMARTS) is 1. The average Bonchev–Trinajstić information content (AvgIpc) is 2.63. The number of benzene rings is 1. The van der Waals surface area contributed by atoms with Gasteiger partial charge >= 0.3 is 5.97 Å². The smallest absolute Gasteiger partial charge is 0.322 e. The fourth-order valence-electron chi connectivity index (χ4n) is 1.85. The second-order valence-corrected chi connectivity index (χ2v) is 4.90. The second kappa shape index (κ2) is 8.71. The highest BCUT2D eigenvalue weighted by Crippen LogP contribution is 2.15. The van der Waals surface area contributed by atoms with Crippen LogP contribution in [0, 0.1) is 23.2 Å². The number of carbonyl (C=O) groups excluding carboxylic acids is 1. The van der Waals surface area contributed by atoms with Crippen molar-refractivity contribution in [1.29, 1.82) is 5.26 Å². The number of hydrogen-bond donors (Lipinski definition) is 3. The van der Waals surface area contributed by atoms with Crippen molar-refractivity contribution in [3.63, 3.8) is 0 Å². The normalized spacial score (nSPS) is 9.35. The maximum Gasteiger partial charge on any atom is 0.322 e. The molecule has 1 amide bonds. The van der Waals surface area contributed by atoms with E-state index < -0.39 is 24.2 Å². The molecule has 2 aromatic rings. The van der Waals surface area contributed by atoms with E-state index in [1.54, 1.807) is 24.3 Å². The zero-order chi connectivity index (χ0) is 18.9. The third-order valence-electron chi connectivity index (χ3n) is 2.99. The van der Waals surface area contributed by atoms with Crippen LogP contribution < -0.4 is 10.1 Å². The minimum atomic E-state index is -1.21. The van der Waals surface area contributed by atoms with Crippen LogP contribution in [-0.4, -0.2) is 40.2 Å². The lowest BCUT2D eigenvalue weighted by molar-refractivity contribution is -0.135. The lowest BCUT2D eigenvalue weighted by atomic mass is 10.2. The Morgan fingerprint density at radius 1 is 1.27 bits per heavy atom. The number of nitriles is 1. The molecule has 2 rings (SSSR count). The molecular formula is C18H13N3O5. The molecule has 0 bridgehead atoms. The van der Waals surface area contributed by atoms with Gasteiger partial charge in [-0.25, -0.2) is 4.98 Å². The van der Waals surface area contributed by atoms with Gasteiger partial charge < -0.3 is 20.3 Å². The maximum absolute atomic E-state index is 11.7. The van der Waals surface area contributed by atoms with Crippen LogP contribution in [0.25, 0.3) is 0 Å². The molecule has 3 N–H and O–H groups in total. The number of aromatic hydroxyl groups is 1. The Kier molecular flexibility index (Phi) is 6.13. The summed E-state index contributed by atoms with van der Waals surface area (Å²) in [6, 6.07) is 9.87. The zero-order valence-corrected chi connectivity index (χ0v) is 13.4. The third kappa shape index (κ3) is 5.25. The number of amides is 1. The quantitative estimate of drug-likeness (QED) is 0.682. The summed E-state index contributed by atoms with van der Waals surface area (Å²) >= 11 is 0. The summed E-state index contributed by atoms with van der Waals surface area (Å²) in [6.45, 7) is -0.525. The van der Waals surface area contributed by atoms with Crippen LogP contribution in [0.1, 0.15) is 21.6 Å². The zero-order valence-electron chi connectivity index (χ0n) is 13.4. The number of ether oxygens (including phenoxy) is 1. The predicted octanol–water partition coefficient (Wildman–Crippen LogP) is 0.904. The van der Waals surface area contributed by atoms with Crippen LogP contribution in [0.2, 0.25) is 0 Å². The molecule has 1 aromatic heterocycles. The van der Waals surface area contributed by atoms with Crippen LogP contribution in [0.4, 0.5) is 0 Å². The number of nitrogens with one attached hydrogen (secondary N) is 1. The molecule has 1 heterocycles. The van der Waals surface area contributed by atoms with Gasteiger partial charge in [0.1, 0.15) is 24.7 Å². The number of nitrogens with zero attached hydrogens (tertiary/aromatic N) is 2. The highest BCUT2D eigenvalue weighted by Gasteiger charge is 2.13. The molecule has 1 aromatic carbocycles. The minimum Gasteiger partial charge on any atom is -0.505 e. The van der Waals surface area contributed by atoms with Crippen LogP contribution in [0.3, 0.4) is 0 Å². The largest absolute Gasteiger partial charge is 0.505 e. The summed E-state index contributed by atoms with van der Waals surface area (Å²) in [5, 5.41) is 29.2. The van der Waals surface area contributed by atoms with Crippen LogP contribution in [-0.2, 0) is 4.79 Å². The summed E-state index contributed by atoms with van der Waals surface area (Å²) in [5.41, 5.74) is 0.536. The van der Waals surface area contributed by atoms with Gasteiger partial charge in [-0.15, -0.1) is 0 Å². The first-order chi connectivity index (χ1) is 12.5. The van der Waals surface area contributed by atoms with Crippen molar-refractivity contribution in [2.45, 2.75) is 0 Å². The second-order valence-electron chi connectivity index (χ2n) is 4.90. The topological polar surface area (TPSA) is 133 Å². The Balaban J connectivity index is 1.97. The Labute approximate surface area is 148 Å². The van der Waals surface area contributed by atoms with Crippen molar-refractivity contribution in [1.82, 2.24) is 10.3 Å². The summed E-state index contributed by atoms with van der Waals surface area (Å²) < 4.78 is 5.39. The summed E-state index contributed by atoms with van der Waals surface area (Å²) in [4.78, 5) is 25.9. The summed E-state index contributed by atoms with van der Waals surface area (Å²) in [7, 11) is 0. The van der Waals surface area contributed by atoms with Gasteiger partial charge in [0.15, 0.2) is 5.69 Å². The first-order valence-corrected chi connectivity index (χ1v) is 7.30. The molecule has 0 aliphatic carbocycles. The molecule has 0 aliphatic heterocycles. The SMILES string of the molecule is N#Cc1cccc(OCC#Cc2cnc(C(=O)NCC(=O)O)c(O)c2)c1. The van der Waals surface area contributed by atoms with Crippen LogP contribution in [0.5, 0.6) is 11.5 Å². The Morgan fingerprint density at radius 3 is 2.77 bits per heavy atom. The number of carbonyl (C=O) groups is 2. The molecular weight excluding hydrogens is 338 g/mol. The van der Waals surface area contributed by atoms with Gasteiger partial charge in [-0.05, 0) is 24.3 Å². The predicted molar refractivity (Wildman–Crippen MR) is 89.4 cm³/mol. The molecule has 130 valence electrons. The van der Waals surface area contributed by atoms with Crippen LogP contribution >= 0.6 is 0 Å². The molecule has 0 saturated heterocycles. The summed E-state index contributed by atoms with van der Waals surface area (Å²) in [5.74, 6) is 3.51. The van der Waals surface area contributed by atoms with E-state index in [2.05, 4.69) is 22.1 Å². The van der Waals surface area contributed by atoms with E-state index in [1.165, 1.54) is 12.3 Å². The Hall–Kier alpha value is -4.04. The summed E-state index contributed by atoms with van der Waals surface area (Å²) in [6.07, 6.45) is 1.28. The fraction of sp³-hybridized carbons (Fsp3) is 0.111. The highest BCUT2D eigenvalue weighted by atomic mass is 16.5. The lowest BCUT2D eigenvalue weighted by Crippen LogP contribution is -2.29. The number of hydrogen-bond acceptors (Lipinski definition) is 6. The molecule has 0 atom stereocenters. The van der Waals surface area contributed by atoms with Crippen molar-refractivity contribution in [3.8, 4) is 29.4 Å². The number of carboxylic acids is 1. The van der Waals surface area contributed by atoms with Gasteiger partial charge in [-0.2, -0.15) is 5.26 Å². The first-order valence-electron chi connectivity index (χ1n) is 7.30. The fourth-order valence-corrected chi connectivity index (χ4v) is 1.85. The van der Waals surface area contributed by atoms with Crippen LogP contribution in [0.15, 0.2) is 36.5 Å². The number of aromatic nitrogens is 1. The third-order valence-corrected chi connectivity index (χ3v) is 2.99. The van der Waals surface area contributed by atoms with Crippen molar-refractivity contribution in [3.05, 3.63) is 53.3 Å². The standard InChI is InChI=1S/C18H13N3O5/c19-9-12-3-1-5-14(7-12)26-6-2-4-13-8-15(22)17(20-10-13)18(25)21-11-16(23)24/h1,3,5,7-8,10,22H,6,11H2,(H,21,25)(H,23,24). The van der Waals surface area contributed by atoms with E-state index in [0.29, 0.717) is 16.9 Å². The molecule has 0 saturated carbocycles. The molecule has 0 unspecified atom stereocenters. The van der Waals surface area contributed by atoms with Gasteiger partial charge in [0.05, 0.1) is 11.6 Å². The Bertz CT molecular complexity index is 938. The maximum atomic E-state index is 11.7. The van der Waals surface area contributed by atoms with E-state index in [1.807, 2.05) is 6.07 Å². The van der Waals surface area contributed by atoms with Gasteiger partial charge in [-0.1, -0.05) is 17.9 Å². The van der Waals surface area contributed by atoms with E-state index in [9.17, 15) is 14.7 Å².